The molecule has 0 aromatic carbocycles. The van der Waals surface area contributed by atoms with E-state index in [0.29, 0.717) is 5.78 Å². The fourth-order valence-corrected chi connectivity index (χ4v) is 1.74. The monoisotopic (exact) mass is 226 g/mol. The van der Waals surface area contributed by atoms with Crippen LogP contribution in [0.4, 0.5) is 0 Å². The molecule has 0 radical (unpaired) electrons. The first-order valence-corrected chi connectivity index (χ1v) is 6.87. The van der Waals surface area contributed by atoms with E-state index in [4.69, 9.17) is 0 Å². The Bertz CT molecular complexity index is 186. The minimum Gasteiger partial charge on any atom is -0.299 e. The molecule has 0 amide bonds. The molecule has 0 aromatic rings. The van der Waals surface area contributed by atoms with Gasteiger partial charge in [0.1, 0.15) is 5.78 Å². The minimum absolute atomic E-state index is 0.141. The van der Waals surface area contributed by atoms with Crippen LogP contribution in [0.2, 0.25) is 0 Å². The van der Waals surface area contributed by atoms with Gasteiger partial charge in [-0.3, -0.25) is 4.79 Å². The average Bonchev–Trinajstić information content (AvgIpc) is 2.14. The third kappa shape index (κ3) is 8.94. The molecule has 0 saturated heterocycles. The first kappa shape index (κ1) is 15.7. The summed E-state index contributed by atoms with van der Waals surface area (Å²) in [5.41, 5.74) is -0.141. The molecule has 16 heavy (non-hydrogen) atoms. The number of hydrogen-bond acceptors (Lipinski definition) is 1. The minimum atomic E-state index is -0.141. The first-order valence-electron chi connectivity index (χ1n) is 6.87. The van der Waals surface area contributed by atoms with Crippen LogP contribution in [-0.4, -0.2) is 5.78 Å². The number of carbonyl (C=O) groups excluding carboxylic acids is 1. The predicted octanol–water partition coefficient (Wildman–Crippen LogP) is 4.99. The summed E-state index contributed by atoms with van der Waals surface area (Å²) in [5.74, 6) is 1.25. The van der Waals surface area contributed by atoms with E-state index in [-0.39, 0.29) is 5.41 Å². The highest BCUT2D eigenvalue weighted by Gasteiger charge is 2.19. The molecule has 0 rings (SSSR count). The van der Waals surface area contributed by atoms with Gasteiger partial charge >= 0.3 is 0 Å². The molecule has 0 aliphatic heterocycles. The standard InChI is InChI=1S/C15H30O/c1-13(2)11-9-7-6-8-10-12-14(16)15(3,4)5/h13H,6-12H2,1-5H3. The molecule has 0 bridgehead atoms. The second kappa shape index (κ2) is 7.86. The van der Waals surface area contributed by atoms with Crippen LogP contribution >= 0.6 is 0 Å². The van der Waals surface area contributed by atoms with Crippen molar-refractivity contribution in [1.29, 1.82) is 0 Å². The number of rotatable bonds is 8. The highest BCUT2D eigenvalue weighted by molar-refractivity contribution is 5.83. The lowest BCUT2D eigenvalue weighted by Crippen LogP contribution is -2.19. The maximum absolute atomic E-state index is 11.6. The summed E-state index contributed by atoms with van der Waals surface area (Å²) in [6, 6.07) is 0. The molecule has 0 N–H and O–H groups in total. The van der Waals surface area contributed by atoms with E-state index in [1.165, 1.54) is 32.1 Å². The summed E-state index contributed by atoms with van der Waals surface area (Å²) in [7, 11) is 0. The third-order valence-corrected chi connectivity index (χ3v) is 3.02. The lowest BCUT2D eigenvalue weighted by atomic mass is 9.88. The normalized spacial score (nSPS) is 12.1. The van der Waals surface area contributed by atoms with Gasteiger partial charge in [-0.25, -0.2) is 0 Å². The number of ketones is 1. The highest BCUT2D eigenvalue weighted by atomic mass is 16.1. The van der Waals surface area contributed by atoms with Crippen LogP contribution in [0.25, 0.3) is 0 Å². The summed E-state index contributed by atoms with van der Waals surface area (Å²) >= 11 is 0. The zero-order valence-electron chi connectivity index (χ0n) is 11.9. The lowest BCUT2D eigenvalue weighted by Gasteiger charge is -2.16. The van der Waals surface area contributed by atoms with Crippen LogP contribution in [0.5, 0.6) is 0 Å². The molecule has 0 aliphatic carbocycles. The predicted molar refractivity (Wildman–Crippen MR) is 71.6 cm³/mol. The van der Waals surface area contributed by atoms with Gasteiger partial charge in [0.25, 0.3) is 0 Å². The van der Waals surface area contributed by atoms with E-state index in [1.54, 1.807) is 0 Å². The van der Waals surface area contributed by atoms with E-state index in [1.807, 2.05) is 20.8 Å². The van der Waals surface area contributed by atoms with Crippen molar-refractivity contribution in [2.75, 3.05) is 0 Å². The van der Waals surface area contributed by atoms with E-state index in [9.17, 15) is 4.79 Å². The number of Topliss-reactive ketones (excluding diaryl/α,β-unsaturated/α-hetero) is 1. The van der Waals surface area contributed by atoms with Crippen molar-refractivity contribution in [3.63, 3.8) is 0 Å². The van der Waals surface area contributed by atoms with Gasteiger partial charge in [0, 0.05) is 11.8 Å². The smallest absolute Gasteiger partial charge is 0.138 e. The van der Waals surface area contributed by atoms with Gasteiger partial charge in [-0.15, -0.1) is 0 Å². The van der Waals surface area contributed by atoms with Crippen LogP contribution in [-0.2, 0) is 4.79 Å². The molecular weight excluding hydrogens is 196 g/mol. The molecule has 96 valence electrons. The maximum atomic E-state index is 11.6. The highest BCUT2D eigenvalue weighted by Crippen LogP contribution is 2.19. The second-order valence-corrected chi connectivity index (χ2v) is 6.37. The number of carbonyl (C=O) groups is 1. The zero-order chi connectivity index (χ0) is 12.6. The Labute approximate surface area is 102 Å². The van der Waals surface area contributed by atoms with Crippen LogP contribution < -0.4 is 0 Å². The molecule has 1 nitrogen and oxygen atoms in total. The largest absolute Gasteiger partial charge is 0.299 e. The van der Waals surface area contributed by atoms with E-state index in [0.717, 1.165) is 18.8 Å². The Morgan fingerprint density at radius 1 is 0.938 bits per heavy atom. The maximum Gasteiger partial charge on any atom is 0.138 e. The van der Waals surface area contributed by atoms with Crippen LogP contribution in [0.3, 0.4) is 0 Å². The van der Waals surface area contributed by atoms with Gasteiger partial charge in [0.15, 0.2) is 0 Å². The Morgan fingerprint density at radius 3 is 1.94 bits per heavy atom. The molecule has 0 aromatic heterocycles. The molecule has 0 saturated carbocycles. The van der Waals surface area contributed by atoms with E-state index < -0.39 is 0 Å². The Morgan fingerprint density at radius 2 is 1.44 bits per heavy atom. The lowest BCUT2D eigenvalue weighted by molar-refractivity contribution is -0.126. The summed E-state index contributed by atoms with van der Waals surface area (Å²) < 4.78 is 0. The number of hydrogen-bond donors (Lipinski definition) is 0. The zero-order valence-corrected chi connectivity index (χ0v) is 11.9. The van der Waals surface area contributed by atoms with Crippen molar-refractivity contribution in [2.45, 2.75) is 79.6 Å². The van der Waals surface area contributed by atoms with Gasteiger partial charge in [-0.1, -0.05) is 66.7 Å². The molecule has 0 aliphatic rings. The molecular formula is C15H30O. The van der Waals surface area contributed by atoms with Gasteiger partial charge in [-0.2, -0.15) is 0 Å². The van der Waals surface area contributed by atoms with Crippen molar-refractivity contribution < 1.29 is 4.79 Å². The average molecular weight is 226 g/mol. The SMILES string of the molecule is CC(C)CCCCCCCC(=O)C(C)(C)C. The molecule has 0 atom stereocenters. The molecule has 0 spiro atoms. The molecule has 1 heteroatoms. The summed E-state index contributed by atoms with van der Waals surface area (Å²) in [5, 5.41) is 0. The van der Waals surface area contributed by atoms with E-state index in [2.05, 4.69) is 13.8 Å². The van der Waals surface area contributed by atoms with Gasteiger partial charge < -0.3 is 0 Å². The van der Waals surface area contributed by atoms with Crippen LogP contribution in [0, 0.1) is 11.3 Å². The summed E-state index contributed by atoms with van der Waals surface area (Å²) in [6.45, 7) is 10.6. The van der Waals surface area contributed by atoms with Gasteiger partial charge in [-0.05, 0) is 12.3 Å². The van der Waals surface area contributed by atoms with Crippen molar-refractivity contribution in [3.8, 4) is 0 Å². The van der Waals surface area contributed by atoms with Crippen molar-refractivity contribution in [3.05, 3.63) is 0 Å². The third-order valence-electron chi connectivity index (χ3n) is 3.02. The van der Waals surface area contributed by atoms with Gasteiger partial charge in [0.2, 0.25) is 0 Å². The summed E-state index contributed by atoms with van der Waals surface area (Å²) in [6.07, 6.45) is 8.41. The molecule has 0 unspecified atom stereocenters. The summed E-state index contributed by atoms with van der Waals surface area (Å²) in [4.78, 5) is 11.6. The van der Waals surface area contributed by atoms with Crippen LogP contribution in [0.1, 0.15) is 79.6 Å². The second-order valence-electron chi connectivity index (χ2n) is 6.37. The Hall–Kier alpha value is -0.330. The molecule has 0 fully saturated rings. The fraction of sp³-hybridized carbons (Fsp3) is 0.933. The Kier molecular flexibility index (Phi) is 7.70. The van der Waals surface area contributed by atoms with Crippen molar-refractivity contribution >= 4 is 5.78 Å². The van der Waals surface area contributed by atoms with Gasteiger partial charge in [0.05, 0.1) is 0 Å². The van der Waals surface area contributed by atoms with E-state index >= 15 is 0 Å². The first-order chi connectivity index (χ1) is 7.34. The fourth-order valence-electron chi connectivity index (χ4n) is 1.74. The topological polar surface area (TPSA) is 17.1 Å². The van der Waals surface area contributed by atoms with Crippen LogP contribution in [0.15, 0.2) is 0 Å². The van der Waals surface area contributed by atoms with Crippen molar-refractivity contribution in [2.24, 2.45) is 11.3 Å². The quantitative estimate of drug-likeness (QED) is 0.533. The number of unbranched alkanes of at least 4 members (excludes halogenated alkanes) is 4. The van der Waals surface area contributed by atoms with Crippen molar-refractivity contribution in [1.82, 2.24) is 0 Å². The molecule has 0 heterocycles. The Balaban J connectivity index is 3.31.